The molecule has 26 heavy (non-hydrogen) atoms. The van der Waals surface area contributed by atoms with Gasteiger partial charge in [-0.3, -0.25) is 4.79 Å². The molecule has 0 N–H and O–H groups in total. The molecule has 0 unspecified atom stereocenters. The minimum Gasteiger partial charge on any atom is -0.450 e. The Morgan fingerprint density at radius 2 is 1.81 bits per heavy atom. The highest BCUT2D eigenvalue weighted by Crippen LogP contribution is 2.25. The summed E-state index contributed by atoms with van der Waals surface area (Å²) in [6.07, 6.45) is 0. The standard InChI is InChI=1S/C20H18BrNO4/c1-13-16-5-3-4-6-17(16)26-19(13)20(24)25-12-18(23)22(2)11-14-7-9-15(21)10-8-14/h3-10H,11-12H2,1-2H3. The maximum atomic E-state index is 12.3. The van der Waals surface area contributed by atoms with Crippen molar-refractivity contribution in [3.8, 4) is 0 Å². The summed E-state index contributed by atoms with van der Waals surface area (Å²) in [4.78, 5) is 26.0. The highest BCUT2D eigenvalue weighted by molar-refractivity contribution is 9.10. The molecule has 0 aliphatic heterocycles. The first-order valence-corrected chi connectivity index (χ1v) is 8.88. The van der Waals surface area contributed by atoms with Crippen molar-refractivity contribution in [2.75, 3.05) is 13.7 Å². The molecule has 5 nitrogen and oxygen atoms in total. The number of benzene rings is 2. The van der Waals surface area contributed by atoms with Crippen LogP contribution in [0.5, 0.6) is 0 Å². The summed E-state index contributed by atoms with van der Waals surface area (Å²) in [7, 11) is 1.67. The first-order chi connectivity index (χ1) is 12.5. The van der Waals surface area contributed by atoms with E-state index in [0.29, 0.717) is 17.7 Å². The summed E-state index contributed by atoms with van der Waals surface area (Å²) in [5, 5.41) is 0.859. The van der Waals surface area contributed by atoms with Gasteiger partial charge in [-0.1, -0.05) is 46.3 Å². The second-order valence-corrected chi connectivity index (χ2v) is 6.92. The average molecular weight is 416 g/mol. The molecule has 1 heterocycles. The number of furan rings is 1. The van der Waals surface area contributed by atoms with E-state index in [2.05, 4.69) is 15.9 Å². The van der Waals surface area contributed by atoms with Crippen LogP contribution in [0.2, 0.25) is 0 Å². The van der Waals surface area contributed by atoms with Crippen LogP contribution < -0.4 is 0 Å². The SMILES string of the molecule is Cc1c(C(=O)OCC(=O)N(C)Cc2ccc(Br)cc2)oc2ccccc12. The zero-order chi connectivity index (χ0) is 18.7. The normalized spacial score (nSPS) is 10.7. The summed E-state index contributed by atoms with van der Waals surface area (Å²) in [5.74, 6) is -0.784. The van der Waals surface area contributed by atoms with E-state index >= 15 is 0 Å². The molecule has 1 amide bonds. The molecule has 0 fully saturated rings. The Kier molecular flexibility index (Phi) is 5.42. The Hall–Kier alpha value is -2.60. The molecule has 3 aromatic rings. The molecule has 2 aromatic carbocycles. The highest BCUT2D eigenvalue weighted by atomic mass is 79.9. The van der Waals surface area contributed by atoms with Crippen LogP contribution in [0.1, 0.15) is 21.7 Å². The van der Waals surface area contributed by atoms with Crippen molar-refractivity contribution in [3.05, 3.63) is 69.9 Å². The van der Waals surface area contributed by atoms with E-state index in [1.165, 1.54) is 4.90 Å². The lowest BCUT2D eigenvalue weighted by Crippen LogP contribution is -2.30. The number of fused-ring (bicyclic) bond motifs is 1. The third-order valence-corrected chi connectivity index (χ3v) is 4.64. The first-order valence-electron chi connectivity index (χ1n) is 8.09. The van der Waals surface area contributed by atoms with Gasteiger partial charge in [0.25, 0.3) is 5.91 Å². The fourth-order valence-electron chi connectivity index (χ4n) is 2.62. The van der Waals surface area contributed by atoms with Gasteiger partial charge < -0.3 is 14.1 Å². The second-order valence-electron chi connectivity index (χ2n) is 6.00. The number of ether oxygens (including phenoxy) is 1. The topological polar surface area (TPSA) is 59.8 Å². The average Bonchev–Trinajstić information content (AvgIpc) is 2.98. The van der Waals surface area contributed by atoms with Gasteiger partial charge in [-0.05, 0) is 30.7 Å². The van der Waals surface area contributed by atoms with Gasteiger partial charge in [0.2, 0.25) is 5.76 Å². The van der Waals surface area contributed by atoms with Crippen LogP contribution in [0.15, 0.2) is 57.4 Å². The van der Waals surface area contributed by atoms with E-state index in [1.807, 2.05) is 42.5 Å². The van der Waals surface area contributed by atoms with Gasteiger partial charge in [0.15, 0.2) is 6.61 Å². The number of halogens is 1. The maximum Gasteiger partial charge on any atom is 0.375 e. The van der Waals surface area contributed by atoms with E-state index < -0.39 is 5.97 Å². The van der Waals surface area contributed by atoms with Gasteiger partial charge >= 0.3 is 5.97 Å². The van der Waals surface area contributed by atoms with Gasteiger partial charge in [0, 0.05) is 29.0 Å². The third-order valence-electron chi connectivity index (χ3n) is 4.11. The van der Waals surface area contributed by atoms with E-state index in [-0.39, 0.29) is 18.3 Å². The van der Waals surface area contributed by atoms with Gasteiger partial charge in [-0.2, -0.15) is 0 Å². The highest BCUT2D eigenvalue weighted by Gasteiger charge is 2.20. The lowest BCUT2D eigenvalue weighted by Gasteiger charge is -2.17. The van der Waals surface area contributed by atoms with Crippen LogP contribution in [-0.4, -0.2) is 30.4 Å². The van der Waals surface area contributed by atoms with Gasteiger partial charge in [-0.15, -0.1) is 0 Å². The van der Waals surface area contributed by atoms with E-state index in [0.717, 1.165) is 15.4 Å². The van der Waals surface area contributed by atoms with Crippen LogP contribution in [0.25, 0.3) is 11.0 Å². The number of carbonyl (C=O) groups excluding carboxylic acids is 2. The molecule has 0 spiro atoms. The number of para-hydroxylation sites is 1. The van der Waals surface area contributed by atoms with Crippen molar-refractivity contribution in [2.24, 2.45) is 0 Å². The Bertz CT molecular complexity index is 946. The lowest BCUT2D eigenvalue weighted by molar-refractivity contribution is -0.133. The second kappa shape index (κ2) is 7.74. The van der Waals surface area contributed by atoms with Gasteiger partial charge in [0.05, 0.1) is 0 Å². The van der Waals surface area contributed by atoms with Gasteiger partial charge in [-0.25, -0.2) is 4.79 Å². The van der Waals surface area contributed by atoms with Crippen molar-refractivity contribution < 1.29 is 18.7 Å². The molecule has 1 aromatic heterocycles. The number of aryl methyl sites for hydroxylation is 1. The molecule has 0 atom stereocenters. The summed E-state index contributed by atoms with van der Waals surface area (Å²) >= 11 is 3.38. The number of esters is 1. The fourth-order valence-corrected chi connectivity index (χ4v) is 2.89. The van der Waals surface area contributed by atoms with Crippen molar-refractivity contribution >= 4 is 38.8 Å². The van der Waals surface area contributed by atoms with E-state index in [9.17, 15) is 9.59 Å². The Labute approximate surface area is 159 Å². The fraction of sp³-hybridized carbons (Fsp3) is 0.200. The smallest absolute Gasteiger partial charge is 0.375 e. The van der Waals surface area contributed by atoms with Crippen molar-refractivity contribution in [2.45, 2.75) is 13.5 Å². The molecular weight excluding hydrogens is 398 g/mol. The predicted octanol–water partition coefficient (Wildman–Crippen LogP) is 4.32. The number of rotatable bonds is 5. The van der Waals surface area contributed by atoms with Crippen molar-refractivity contribution in [3.63, 3.8) is 0 Å². The largest absolute Gasteiger partial charge is 0.450 e. The third kappa shape index (κ3) is 3.96. The molecule has 0 saturated carbocycles. The number of hydrogen-bond donors (Lipinski definition) is 0. The number of nitrogens with zero attached hydrogens (tertiary/aromatic N) is 1. The maximum absolute atomic E-state index is 12.3. The molecular formula is C20H18BrNO4. The molecule has 0 aliphatic rings. The Balaban J connectivity index is 1.60. The van der Waals surface area contributed by atoms with Crippen molar-refractivity contribution in [1.29, 1.82) is 0 Å². The van der Waals surface area contributed by atoms with Crippen LogP contribution in [0.4, 0.5) is 0 Å². The minimum atomic E-state index is -0.635. The van der Waals surface area contributed by atoms with Crippen LogP contribution in [0.3, 0.4) is 0 Å². The zero-order valence-corrected chi connectivity index (χ0v) is 16.1. The molecule has 0 aliphatic carbocycles. The lowest BCUT2D eigenvalue weighted by atomic mass is 10.1. The number of carbonyl (C=O) groups is 2. The number of amides is 1. The quantitative estimate of drug-likeness (QED) is 0.582. The molecule has 3 rings (SSSR count). The Morgan fingerprint density at radius 3 is 2.50 bits per heavy atom. The molecule has 0 bridgehead atoms. The minimum absolute atomic E-state index is 0.134. The number of hydrogen-bond acceptors (Lipinski definition) is 4. The van der Waals surface area contributed by atoms with E-state index in [4.69, 9.17) is 9.15 Å². The first kappa shape index (κ1) is 18.2. The number of likely N-dealkylation sites (N-methyl/N-ethyl adjacent to an activating group) is 1. The van der Waals surface area contributed by atoms with Crippen LogP contribution in [0, 0.1) is 6.92 Å². The molecule has 134 valence electrons. The Morgan fingerprint density at radius 1 is 1.12 bits per heavy atom. The van der Waals surface area contributed by atoms with E-state index in [1.54, 1.807) is 20.0 Å². The molecule has 6 heteroatoms. The van der Waals surface area contributed by atoms with Crippen molar-refractivity contribution in [1.82, 2.24) is 4.90 Å². The summed E-state index contributed by atoms with van der Waals surface area (Å²) in [5.41, 5.74) is 2.32. The molecule has 0 saturated heterocycles. The zero-order valence-electron chi connectivity index (χ0n) is 14.5. The predicted molar refractivity (Wildman–Crippen MR) is 102 cm³/mol. The van der Waals surface area contributed by atoms with Crippen LogP contribution in [-0.2, 0) is 16.1 Å². The summed E-state index contributed by atoms with van der Waals surface area (Å²) in [6, 6.07) is 15.1. The van der Waals surface area contributed by atoms with Crippen LogP contribution >= 0.6 is 15.9 Å². The summed E-state index contributed by atoms with van der Waals surface area (Å²) < 4.78 is 11.7. The monoisotopic (exact) mass is 415 g/mol. The summed E-state index contributed by atoms with van der Waals surface area (Å²) in [6.45, 7) is 1.90. The molecule has 0 radical (unpaired) electrons. The van der Waals surface area contributed by atoms with Gasteiger partial charge in [0.1, 0.15) is 5.58 Å².